The molecule has 2 N–H and O–H groups in total. The fourth-order valence-corrected chi connectivity index (χ4v) is 5.84. The second kappa shape index (κ2) is 7.63. The van der Waals surface area contributed by atoms with Gasteiger partial charge >= 0.3 is 17.9 Å². The molecule has 2 fully saturated rings. The number of thioether (sulfide) groups is 1. The van der Waals surface area contributed by atoms with Crippen LogP contribution in [0.15, 0.2) is 0 Å². The Kier molecular flexibility index (Phi) is 5.57. The van der Waals surface area contributed by atoms with E-state index in [1.165, 1.54) is 14.2 Å². The van der Waals surface area contributed by atoms with Crippen molar-refractivity contribution in [2.75, 3.05) is 25.7 Å². The van der Waals surface area contributed by atoms with E-state index < -0.39 is 28.8 Å². The highest BCUT2D eigenvalue weighted by atomic mass is 32.2. The monoisotopic (exact) mass is 428 g/mol. The molecule has 3 heterocycles. The van der Waals surface area contributed by atoms with Crippen LogP contribution >= 0.6 is 23.1 Å². The summed E-state index contributed by atoms with van der Waals surface area (Å²) >= 11 is 2.40. The minimum absolute atomic E-state index is 0.0245. The van der Waals surface area contributed by atoms with E-state index in [0.29, 0.717) is 18.6 Å². The molecule has 0 spiro atoms. The normalized spacial score (nSPS) is 23.5. The Morgan fingerprint density at radius 1 is 1.25 bits per heavy atom. The van der Waals surface area contributed by atoms with E-state index in [4.69, 9.17) is 19.9 Å². The van der Waals surface area contributed by atoms with Crippen molar-refractivity contribution >= 4 is 51.9 Å². The van der Waals surface area contributed by atoms with Gasteiger partial charge in [0.1, 0.15) is 28.1 Å². The molecule has 0 radical (unpaired) electrons. The summed E-state index contributed by atoms with van der Waals surface area (Å²) in [4.78, 5) is 50.2. The molecule has 2 saturated heterocycles. The Balaban J connectivity index is 1.82. The summed E-state index contributed by atoms with van der Waals surface area (Å²) in [6.07, 6.45) is 1.08. The summed E-state index contributed by atoms with van der Waals surface area (Å²) < 4.78 is 14.8. The first-order chi connectivity index (χ1) is 13.2. The van der Waals surface area contributed by atoms with Crippen LogP contribution in [-0.2, 0) is 30.4 Å². The quantitative estimate of drug-likeness (QED) is 0.547. The number of nitrogens with zero attached hydrogens (tertiary/aromatic N) is 1. The molecule has 0 bridgehead atoms. The highest BCUT2D eigenvalue weighted by Gasteiger charge is 2.53. The Morgan fingerprint density at radius 2 is 1.93 bits per heavy atom. The number of ether oxygens (including phenoxy) is 3. The number of thiophene rings is 1. The molecular formula is C17H20N2O7S2. The molecule has 28 heavy (non-hydrogen) atoms. The van der Waals surface area contributed by atoms with Gasteiger partial charge in [-0.1, -0.05) is 0 Å². The zero-order valence-corrected chi connectivity index (χ0v) is 17.2. The molecule has 2 aliphatic heterocycles. The first-order valence-corrected chi connectivity index (χ1v) is 10.2. The van der Waals surface area contributed by atoms with Gasteiger partial charge in [0.05, 0.1) is 19.1 Å². The minimum atomic E-state index is -0.742. The van der Waals surface area contributed by atoms with Crippen molar-refractivity contribution in [3.05, 3.63) is 16.0 Å². The first kappa shape index (κ1) is 20.5. The molecule has 1 aromatic heterocycles. The van der Waals surface area contributed by atoms with Gasteiger partial charge in [-0.25, -0.2) is 14.4 Å². The van der Waals surface area contributed by atoms with Crippen molar-refractivity contribution in [1.82, 2.24) is 4.90 Å². The number of nitrogens with two attached hydrogens (primary N) is 1. The van der Waals surface area contributed by atoms with E-state index in [1.54, 1.807) is 16.7 Å². The maximum atomic E-state index is 12.7. The molecule has 0 saturated carbocycles. The zero-order chi connectivity index (χ0) is 20.6. The highest BCUT2D eigenvalue weighted by molar-refractivity contribution is 8.01. The lowest BCUT2D eigenvalue weighted by Crippen LogP contribution is -2.46. The standard InChI is InChI=1S/C17H20N2O7S2/c1-17-5-4-10(20)19(17)9(7-27-17)14(21)26-6-8-11(15(22)24-2)13(18)28-12(8)16(23)25-3/h9H,4-7,18H2,1-3H3/t9-,17+/m1/s1. The number of carbonyl (C=O) groups excluding carboxylic acids is 4. The number of fused-ring (bicyclic) bond motifs is 1. The Morgan fingerprint density at radius 3 is 2.57 bits per heavy atom. The number of rotatable bonds is 5. The van der Waals surface area contributed by atoms with Gasteiger partial charge in [-0.2, -0.15) is 0 Å². The van der Waals surface area contributed by atoms with Gasteiger partial charge < -0.3 is 24.8 Å². The van der Waals surface area contributed by atoms with Gasteiger partial charge in [0, 0.05) is 17.7 Å². The number of esters is 3. The fraction of sp³-hybridized carbons (Fsp3) is 0.529. The predicted molar refractivity (Wildman–Crippen MR) is 102 cm³/mol. The molecule has 1 amide bonds. The van der Waals surface area contributed by atoms with Crippen LogP contribution in [-0.4, -0.2) is 59.6 Å². The smallest absolute Gasteiger partial charge is 0.348 e. The second-order valence-electron chi connectivity index (χ2n) is 6.51. The van der Waals surface area contributed by atoms with Gasteiger partial charge in [0.2, 0.25) is 5.91 Å². The van der Waals surface area contributed by atoms with E-state index in [9.17, 15) is 19.2 Å². The summed E-state index contributed by atoms with van der Waals surface area (Å²) in [5, 5.41) is 0.0667. The van der Waals surface area contributed by atoms with E-state index in [1.807, 2.05) is 6.92 Å². The third-order valence-corrected chi connectivity index (χ3v) is 7.42. The Hall–Kier alpha value is -2.27. The molecule has 2 atom stereocenters. The zero-order valence-electron chi connectivity index (χ0n) is 15.6. The fourth-order valence-electron chi connectivity index (χ4n) is 3.44. The van der Waals surface area contributed by atoms with Crippen molar-refractivity contribution in [2.45, 2.75) is 37.3 Å². The van der Waals surface area contributed by atoms with Crippen molar-refractivity contribution < 1.29 is 33.4 Å². The van der Waals surface area contributed by atoms with Crippen LogP contribution < -0.4 is 5.73 Å². The molecule has 1 aromatic rings. The number of amides is 1. The Labute approximate surface area is 169 Å². The number of methoxy groups -OCH3 is 2. The van der Waals surface area contributed by atoms with Gasteiger partial charge in [-0.05, 0) is 13.3 Å². The molecule has 9 nitrogen and oxygen atoms in total. The van der Waals surface area contributed by atoms with Crippen LogP contribution in [0.4, 0.5) is 5.00 Å². The van der Waals surface area contributed by atoms with Crippen molar-refractivity contribution in [1.29, 1.82) is 0 Å². The van der Waals surface area contributed by atoms with Crippen molar-refractivity contribution in [3.63, 3.8) is 0 Å². The van der Waals surface area contributed by atoms with Crippen LogP contribution in [0.5, 0.6) is 0 Å². The summed E-state index contributed by atoms with van der Waals surface area (Å²) in [6, 6.07) is -0.705. The lowest BCUT2D eigenvalue weighted by Gasteiger charge is -2.29. The van der Waals surface area contributed by atoms with Crippen LogP contribution in [0.1, 0.15) is 45.4 Å². The van der Waals surface area contributed by atoms with Gasteiger partial charge in [-0.3, -0.25) is 4.79 Å². The molecule has 152 valence electrons. The lowest BCUT2D eigenvalue weighted by molar-refractivity contribution is -0.154. The maximum absolute atomic E-state index is 12.7. The third-order valence-electron chi connectivity index (χ3n) is 4.87. The van der Waals surface area contributed by atoms with Crippen molar-refractivity contribution in [2.24, 2.45) is 0 Å². The summed E-state index contributed by atoms with van der Waals surface area (Å²) in [7, 11) is 2.38. The second-order valence-corrected chi connectivity index (χ2v) is 9.06. The average molecular weight is 428 g/mol. The van der Waals surface area contributed by atoms with Crippen LogP contribution in [0.3, 0.4) is 0 Å². The number of anilines is 1. The van der Waals surface area contributed by atoms with Crippen LogP contribution in [0, 0.1) is 0 Å². The lowest BCUT2D eigenvalue weighted by atomic mass is 10.1. The van der Waals surface area contributed by atoms with E-state index >= 15 is 0 Å². The third kappa shape index (κ3) is 3.32. The summed E-state index contributed by atoms with van der Waals surface area (Å²) in [5.41, 5.74) is 5.97. The number of carbonyl (C=O) groups is 4. The van der Waals surface area contributed by atoms with Gasteiger partial charge in [-0.15, -0.1) is 23.1 Å². The SMILES string of the molecule is COC(=O)c1sc(N)c(C(=O)OC)c1COC(=O)[C@H]1CS[C@@]2(C)CCC(=O)N12. The molecule has 2 aliphatic rings. The Bertz CT molecular complexity index is 853. The maximum Gasteiger partial charge on any atom is 0.348 e. The predicted octanol–water partition coefficient (Wildman–Crippen LogP) is 1.40. The van der Waals surface area contributed by atoms with Crippen LogP contribution in [0.25, 0.3) is 0 Å². The molecular weight excluding hydrogens is 408 g/mol. The summed E-state index contributed by atoms with van der Waals surface area (Å²) in [5.74, 6) is -1.69. The number of hydrogen-bond donors (Lipinski definition) is 1. The molecule has 0 unspecified atom stereocenters. The summed E-state index contributed by atoms with van der Waals surface area (Å²) in [6.45, 7) is 1.57. The van der Waals surface area contributed by atoms with Crippen LogP contribution in [0.2, 0.25) is 0 Å². The number of hydrogen-bond acceptors (Lipinski definition) is 10. The van der Waals surface area contributed by atoms with E-state index in [2.05, 4.69) is 0 Å². The largest absolute Gasteiger partial charge is 0.465 e. The average Bonchev–Trinajstić information content (AvgIpc) is 3.29. The van der Waals surface area contributed by atoms with E-state index in [-0.39, 0.29) is 33.5 Å². The van der Waals surface area contributed by atoms with Crippen molar-refractivity contribution in [3.8, 4) is 0 Å². The molecule has 0 aliphatic carbocycles. The molecule has 3 rings (SSSR count). The molecule has 0 aromatic carbocycles. The highest BCUT2D eigenvalue weighted by Crippen LogP contribution is 2.47. The van der Waals surface area contributed by atoms with E-state index in [0.717, 1.165) is 11.3 Å². The first-order valence-electron chi connectivity index (χ1n) is 8.44. The number of nitrogen functional groups attached to an aromatic ring is 1. The van der Waals surface area contributed by atoms with Gasteiger partial charge in [0.25, 0.3) is 0 Å². The van der Waals surface area contributed by atoms with Gasteiger partial charge in [0.15, 0.2) is 0 Å². The topological polar surface area (TPSA) is 125 Å². The molecule has 11 heteroatoms. The minimum Gasteiger partial charge on any atom is -0.465 e.